The highest BCUT2D eigenvalue weighted by molar-refractivity contribution is 9.10. The minimum absolute atomic E-state index is 0.126. The molecule has 2 aromatic heterocycles. The highest BCUT2D eigenvalue weighted by Gasteiger charge is 2.47. The molecule has 7 heteroatoms. The number of aryl methyl sites for hydroxylation is 2. The summed E-state index contributed by atoms with van der Waals surface area (Å²) in [6.45, 7) is 4.11. The number of ketones is 1. The summed E-state index contributed by atoms with van der Waals surface area (Å²) in [5, 5.41) is 13.1. The number of aromatic nitrogens is 1. The van der Waals surface area contributed by atoms with Gasteiger partial charge in [0.05, 0.1) is 5.57 Å². The minimum atomic E-state index is -0.667. The highest BCUT2D eigenvalue weighted by atomic mass is 79.9. The lowest BCUT2D eigenvalue weighted by Gasteiger charge is -2.25. The van der Waals surface area contributed by atoms with Crippen molar-refractivity contribution in [2.45, 2.75) is 26.4 Å². The van der Waals surface area contributed by atoms with E-state index in [9.17, 15) is 14.7 Å². The van der Waals surface area contributed by atoms with Crippen molar-refractivity contribution in [3.63, 3.8) is 0 Å². The van der Waals surface area contributed by atoms with Gasteiger partial charge in [0.15, 0.2) is 0 Å². The van der Waals surface area contributed by atoms with Crippen LogP contribution in [0.2, 0.25) is 0 Å². The molecule has 1 aromatic carbocycles. The first kappa shape index (κ1) is 20.5. The Morgan fingerprint density at radius 1 is 1.13 bits per heavy atom. The lowest BCUT2D eigenvalue weighted by Crippen LogP contribution is -2.29. The van der Waals surface area contributed by atoms with Crippen molar-refractivity contribution >= 4 is 44.7 Å². The quantitative estimate of drug-likeness (QED) is 0.317. The SMILES string of the molecule is Cc1cc(/C(O)=C2/C(=O)C(=O)N(Cc3ccncc3)C2c2sccc2C)ccc1Br. The summed E-state index contributed by atoms with van der Waals surface area (Å²) in [5.41, 5.74) is 3.40. The molecule has 4 rings (SSSR count). The van der Waals surface area contributed by atoms with Crippen LogP contribution >= 0.6 is 27.3 Å². The average molecular weight is 483 g/mol. The van der Waals surface area contributed by atoms with Crippen LogP contribution in [0.5, 0.6) is 0 Å². The van der Waals surface area contributed by atoms with E-state index in [1.54, 1.807) is 24.5 Å². The predicted octanol–water partition coefficient (Wildman–Crippen LogP) is 5.14. The molecule has 0 radical (unpaired) electrons. The van der Waals surface area contributed by atoms with E-state index >= 15 is 0 Å². The third kappa shape index (κ3) is 3.59. The first-order valence-corrected chi connectivity index (χ1v) is 11.0. The molecular weight excluding hydrogens is 464 g/mol. The van der Waals surface area contributed by atoms with E-state index in [2.05, 4.69) is 20.9 Å². The topological polar surface area (TPSA) is 70.5 Å². The van der Waals surface area contributed by atoms with Crippen molar-refractivity contribution in [3.05, 3.63) is 91.3 Å². The van der Waals surface area contributed by atoms with Gasteiger partial charge in [0.2, 0.25) is 0 Å². The predicted molar refractivity (Wildman–Crippen MR) is 120 cm³/mol. The van der Waals surface area contributed by atoms with Gasteiger partial charge in [0.1, 0.15) is 11.8 Å². The van der Waals surface area contributed by atoms with Crippen molar-refractivity contribution in [1.29, 1.82) is 0 Å². The third-order valence-corrected chi connectivity index (χ3v) is 7.18. The van der Waals surface area contributed by atoms with Gasteiger partial charge in [0.25, 0.3) is 11.7 Å². The van der Waals surface area contributed by atoms with E-state index in [0.717, 1.165) is 26.0 Å². The van der Waals surface area contributed by atoms with Crippen molar-refractivity contribution in [1.82, 2.24) is 9.88 Å². The van der Waals surface area contributed by atoms with Gasteiger partial charge >= 0.3 is 0 Å². The number of likely N-dealkylation sites (tertiary alicyclic amines) is 1. The van der Waals surface area contributed by atoms with Gasteiger partial charge in [0, 0.05) is 33.9 Å². The van der Waals surface area contributed by atoms with Crippen molar-refractivity contribution in [3.8, 4) is 0 Å². The van der Waals surface area contributed by atoms with E-state index in [1.165, 1.54) is 16.2 Å². The number of hydrogen-bond donors (Lipinski definition) is 1. The van der Waals surface area contributed by atoms with Crippen molar-refractivity contribution < 1.29 is 14.7 Å². The van der Waals surface area contributed by atoms with Crippen LogP contribution in [0.4, 0.5) is 0 Å². The second-order valence-electron chi connectivity index (χ2n) is 7.21. The molecule has 5 nitrogen and oxygen atoms in total. The molecule has 1 amide bonds. The number of halogens is 1. The van der Waals surface area contributed by atoms with Gasteiger partial charge in [-0.3, -0.25) is 14.6 Å². The summed E-state index contributed by atoms with van der Waals surface area (Å²) in [5.74, 6) is -1.43. The molecule has 1 N–H and O–H groups in total. The van der Waals surface area contributed by atoms with Crippen molar-refractivity contribution in [2.75, 3.05) is 0 Å². The normalized spacial score (nSPS) is 18.2. The van der Waals surface area contributed by atoms with Crippen LogP contribution < -0.4 is 0 Å². The third-order valence-electron chi connectivity index (χ3n) is 5.22. The van der Waals surface area contributed by atoms with Gasteiger partial charge in [-0.1, -0.05) is 22.0 Å². The number of Topliss-reactive ketones (excluding diaryl/α,β-unsaturated/α-hetero) is 1. The molecule has 3 heterocycles. The smallest absolute Gasteiger partial charge is 0.295 e. The first-order valence-electron chi connectivity index (χ1n) is 9.36. The number of benzene rings is 1. The van der Waals surface area contributed by atoms with Crippen LogP contribution in [0.3, 0.4) is 0 Å². The Bertz CT molecular complexity index is 1170. The van der Waals surface area contributed by atoms with Crippen LogP contribution in [0.1, 0.15) is 33.2 Å². The molecule has 3 aromatic rings. The number of thiophene rings is 1. The summed E-state index contributed by atoms with van der Waals surface area (Å²) in [7, 11) is 0. The van der Waals surface area contributed by atoms with Crippen LogP contribution in [-0.4, -0.2) is 26.7 Å². The first-order chi connectivity index (χ1) is 14.4. The van der Waals surface area contributed by atoms with Gasteiger partial charge in [-0.15, -0.1) is 11.3 Å². The Morgan fingerprint density at radius 3 is 2.50 bits per heavy atom. The molecule has 1 fully saturated rings. The molecule has 1 aliphatic heterocycles. The number of rotatable bonds is 4. The molecule has 0 saturated carbocycles. The van der Waals surface area contributed by atoms with Crippen LogP contribution in [0.15, 0.2) is 64.2 Å². The minimum Gasteiger partial charge on any atom is -0.507 e. The van der Waals surface area contributed by atoms with Gasteiger partial charge in [-0.25, -0.2) is 0 Å². The van der Waals surface area contributed by atoms with Crippen LogP contribution in [-0.2, 0) is 16.1 Å². The van der Waals surface area contributed by atoms with E-state index in [0.29, 0.717) is 5.56 Å². The second-order valence-corrected chi connectivity index (χ2v) is 9.02. The number of hydrogen-bond acceptors (Lipinski definition) is 5. The number of nitrogens with zero attached hydrogens (tertiary/aromatic N) is 2. The zero-order valence-corrected chi connectivity index (χ0v) is 18.8. The number of carbonyl (C=O) groups is 2. The number of pyridine rings is 1. The fraction of sp³-hybridized carbons (Fsp3) is 0.174. The largest absolute Gasteiger partial charge is 0.507 e. The Morgan fingerprint density at radius 2 is 1.87 bits per heavy atom. The Hall–Kier alpha value is -2.77. The van der Waals surface area contributed by atoms with Crippen molar-refractivity contribution in [2.24, 2.45) is 0 Å². The van der Waals surface area contributed by atoms with E-state index < -0.39 is 17.7 Å². The maximum absolute atomic E-state index is 13.1. The maximum Gasteiger partial charge on any atom is 0.295 e. The molecule has 0 aliphatic carbocycles. The second kappa shape index (κ2) is 8.16. The highest BCUT2D eigenvalue weighted by Crippen LogP contribution is 2.43. The number of aliphatic hydroxyl groups is 1. The molecule has 1 aliphatic rings. The zero-order valence-electron chi connectivity index (χ0n) is 16.4. The summed E-state index contributed by atoms with van der Waals surface area (Å²) in [6.07, 6.45) is 3.31. The number of carbonyl (C=O) groups excluding carboxylic acids is 2. The fourth-order valence-electron chi connectivity index (χ4n) is 3.61. The van der Waals surface area contributed by atoms with E-state index in [4.69, 9.17) is 0 Å². The maximum atomic E-state index is 13.1. The van der Waals surface area contributed by atoms with E-state index in [-0.39, 0.29) is 17.9 Å². The molecular formula is C23H19BrN2O3S. The Labute approximate surface area is 186 Å². The zero-order chi connectivity index (χ0) is 21.4. The molecule has 0 spiro atoms. The Balaban J connectivity index is 1.87. The summed E-state index contributed by atoms with van der Waals surface area (Å²) >= 11 is 4.93. The van der Waals surface area contributed by atoms with Crippen LogP contribution in [0.25, 0.3) is 5.76 Å². The summed E-state index contributed by atoms with van der Waals surface area (Å²) in [4.78, 5) is 32.5. The average Bonchev–Trinajstić information content (AvgIpc) is 3.26. The molecule has 1 atom stereocenters. The lowest BCUT2D eigenvalue weighted by atomic mass is 9.97. The summed E-state index contributed by atoms with van der Waals surface area (Å²) in [6, 6.07) is 10.3. The van der Waals surface area contributed by atoms with Gasteiger partial charge in [-0.05, 0) is 66.2 Å². The fourth-order valence-corrected chi connectivity index (χ4v) is 4.91. The van der Waals surface area contributed by atoms with Gasteiger partial charge in [-0.2, -0.15) is 0 Å². The number of amides is 1. The molecule has 0 bridgehead atoms. The lowest BCUT2D eigenvalue weighted by molar-refractivity contribution is -0.140. The number of aliphatic hydroxyl groups excluding tert-OH is 1. The summed E-state index contributed by atoms with van der Waals surface area (Å²) < 4.78 is 0.905. The Kier molecular flexibility index (Phi) is 5.58. The molecule has 152 valence electrons. The van der Waals surface area contributed by atoms with E-state index in [1.807, 2.05) is 43.5 Å². The molecule has 30 heavy (non-hydrogen) atoms. The van der Waals surface area contributed by atoms with Gasteiger partial charge < -0.3 is 10.0 Å². The van der Waals surface area contributed by atoms with Crippen LogP contribution in [0, 0.1) is 13.8 Å². The molecule has 1 saturated heterocycles. The molecule has 1 unspecified atom stereocenters. The monoisotopic (exact) mass is 482 g/mol. The standard InChI is InChI=1S/C23H19BrN2O3S/c1-13-7-10-30-22(13)19-18(20(27)16-3-4-17(24)14(2)11-16)21(28)23(29)26(19)12-15-5-8-25-9-6-15/h3-11,19,27H,12H2,1-2H3/b20-18-.